The fourth-order valence-electron chi connectivity index (χ4n) is 2.22. The van der Waals surface area contributed by atoms with E-state index >= 15 is 0 Å². The molecule has 0 aliphatic rings. The van der Waals surface area contributed by atoms with E-state index in [1.165, 1.54) is 6.07 Å². The number of para-hydroxylation sites is 2. The molecule has 2 aromatic carbocycles. The van der Waals surface area contributed by atoms with Gasteiger partial charge in [-0.25, -0.2) is 4.39 Å². The molecule has 0 saturated heterocycles. The van der Waals surface area contributed by atoms with Crippen molar-refractivity contribution in [1.82, 2.24) is 4.90 Å². The van der Waals surface area contributed by atoms with E-state index in [0.29, 0.717) is 23.5 Å². The van der Waals surface area contributed by atoms with Crippen molar-refractivity contribution in [2.24, 2.45) is 0 Å². The Morgan fingerprint density at radius 2 is 1.87 bits per heavy atom. The molecule has 0 bridgehead atoms. The van der Waals surface area contributed by atoms with Gasteiger partial charge in [0.1, 0.15) is 11.6 Å². The molecule has 0 fully saturated rings. The minimum absolute atomic E-state index is 0.173. The molecule has 2 rings (SSSR count). The second-order valence-electron chi connectivity index (χ2n) is 5.37. The van der Waals surface area contributed by atoms with Crippen LogP contribution >= 0.6 is 0 Å². The summed E-state index contributed by atoms with van der Waals surface area (Å²) in [6.07, 6.45) is 0. The molecule has 0 heterocycles. The number of ether oxygens (including phenoxy) is 1. The maximum atomic E-state index is 13.7. The number of nitrogens with zero attached hydrogens (tertiary/aromatic N) is 1. The Kier molecular flexibility index (Phi) is 5.71. The Morgan fingerprint density at radius 1 is 1.22 bits per heavy atom. The van der Waals surface area contributed by atoms with E-state index in [1.807, 2.05) is 12.1 Å². The number of halogens is 1. The van der Waals surface area contributed by atoms with Crippen molar-refractivity contribution in [2.75, 3.05) is 19.5 Å². The number of hydrogen-bond donors (Lipinski definition) is 1. The van der Waals surface area contributed by atoms with Gasteiger partial charge in [-0.3, -0.25) is 9.69 Å². The Labute approximate surface area is 135 Å². The zero-order valence-corrected chi connectivity index (χ0v) is 13.5. The van der Waals surface area contributed by atoms with Crippen LogP contribution in [0.5, 0.6) is 5.75 Å². The highest BCUT2D eigenvalue weighted by Crippen LogP contribution is 2.23. The molecule has 5 heteroatoms. The number of nitrogens with one attached hydrogen (secondary N) is 1. The summed E-state index contributed by atoms with van der Waals surface area (Å²) >= 11 is 0. The first-order valence-electron chi connectivity index (χ1n) is 7.40. The minimum atomic E-state index is -0.417. The summed E-state index contributed by atoms with van der Waals surface area (Å²) in [6, 6.07) is 13.4. The average Bonchev–Trinajstić information content (AvgIpc) is 2.56. The van der Waals surface area contributed by atoms with Crippen molar-refractivity contribution in [1.29, 1.82) is 0 Å². The number of carbonyl (C=O) groups is 1. The summed E-state index contributed by atoms with van der Waals surface area (Å²) in [4.78, 5) is 14.2. The highest BCUT2D eigenvalue weighted by Gasteiger charge is 2.20. The second-order valence-corrected chi connectivity index (χ2v) is 5.37. The molecular formula is C18H21FN2O2. The molecule has 122 valence electrons. The number of carbonyl (C=O) groups excluding carboxylic acids is 1. The number of methoxy groups -OCH3 is 1. The number of amides is 1. The van der Waals surface area contributed by atoms with Crippen molar-refractivity contribution in [3.8, 4) is 5.75 Å². The zero-order chi connectivity index (χ0) is 16.8. The van der Waals surface area contributed by atoms with Gasteiger partial charge in [0.05, 0.1) is 18.8 Å². The van der Waals surface area contributed by atoms with Gasteiger partial charge in [-0.2, -0.15) is 0 Å². The van der Waals surface area contributed by atoms with Crippen LogP contribution in [-0.2, 0) is 11.3 Å². The lowest BCUT2D eigenvalue weighted by atomic mass is 10.1. The van der Waals surface area contributed by atoms with Gasteiger partial charge in [-0.15, -0.1) is 0 Å². The van der Waals surface area contributed by atoms with E-state index in [1.54, 1.807) is 56.3 Å². The van der Waals surface area contributed by atoms with Crippen molar-refractivity contribution >= 4 is 11.6 Å². The van der Waals surface area contributed by atoms with E-state index < -0.39 is 6.04 Å². The molecule has 0 radical (unpaired) electrons. The second kappa shape index (κ2) is 7.74. The quantitative estimate of drug-likeness (QED) is 0.889. The third-order valence-electron chi connectivity index (χ3n) is 3.78. The van der Waals surface area contributed by atoms with Gasteiger partial charge in [0, 0.05) is 12.1 Å². The highest BCUT2D eigenvalue weighted by molar-refractivity contribution is 5.95. The fourth-order valence-corrected chi connectivity index (χ4v) is 2.22. The van der Waals surface area contributed by atoms with Gasteiger partial charge in [0.15, 0.2) is 0 Å². The molecule has 23 heavy (non-hydrogen) atoms. The number of anilines is 1. The molecule has 1 N–H and O–H groups in total. The zero-order valence-electron chi connectivity index (χ0n) is 13.5. The van der Waals surface area contributed by atoms with Crippen LogP contribution in [0.2, 0.25) is 0 Å². The van der Waals surface area contributed by atoms with Crippen molar-refractivity contribution in [3.05, 3.63) is 59.9 Å². The standard InChI is InChI=1S/C18H21FN2O2/c1-13(21(2)12-14-8-4-5-9-15(14)19)18(22)20-16-10-6-7-11-17(16)23-3/h4-11,13H,12H2,1-3H3,(H,20,22)/t13-/m1/s1. The number of likely N-dealkylation sites (N-methyl/N-ethyl adjacent to an activating group) is 1. The van der Waals surface area contributed by atoms with Gasteiger partial charge in [0.25, 0.3) is 0 Å². The monoisotopic (exact) mass is 316 g/mol. The molecular weight excluding hydrogens is 295 g/mol. The summed E-state index contributed by atoms with van der Waals surface area (Å²) in [5.74, 6) is 0.162. The summed E-state index contributed by atoms with van der Waals surface area (Å²) in [7, 11) is 3.34. The summed E-state index contributed by atoms with van der Waals surface area (Å²) in [5.41, 5.74) is 1.18. The van der Waals surface area contributed by atoms with Gasteiger partial charge in [-0.1, -0.05) is 30.3 Å². The van der Waals surface area contributed by atoms with Crippen LogP contribution in [0.1, 0.15) is 12.5 Å². The number of benzene rings is 2. The fraction of sp³-hybridized carbons (Fsp3) is 0.278. The van der Waals surface area contributed by atoms with Crippen LogP contribution in [0.4, 0.5) is 10.1 Å². The topological polar surface area (TPSA) is 41.6 Å². The van der Waals surface area contributed by atoms with E-state index in [0.717, 1.165) is 0 Å². The van der Waals surface area contributed by atoms with Crippen LogP contribution in [-0.4, -0.2) is 31.0 Å². The van der Waals surface area contributed by atoms with Crippen LogP contribution in [0.15, 0.2) is 48.5 Å². The molecule has 1 atom stereocenters. The lowest BCUT2D eigenvalue weighted by Crippen LogP contribution is -2.39. The van der Waals surface area contributed by atoms with Gasteiger partial charge in [-0.05, 0) is 32.2 Å². The molecule has 0 saturated carbocycles. The maximum Gasteiger partial charge on any atom is 0.241 e. The summed E-state index contributed by atoms with van der Waals surface area (Å²) < 4.78 is 18.9. The predicted octanol–water partition coefficient (Wildman–Crippen LogP) is 3.29. The summed E-state index contributed by atoms with van der Waals surface area (Å²) in [6.45, 7) is 2.14. The predicted molar refractivity (Wildman–Crippen MR) is 89.0 cm³/mol. The molecule has 0 unspecified atom stereocenters. The lowest BCUT2D eigenvalue weighted by Gasteiger charge is -2.24. The summed E-state index contributed by atoms with van der Waals surface area (Å²) in [5, 5.41) is 2.84. The van der Waals surface area contributed by atoms with Crippen LogP contribution in [0.3, 0.4) is 0 Å². The number of hydrogen-bond acceptors (Lipinski definition) is 3. The van der Waals surface area contributed by atoms with E-state index in [4.69, 9.17) is 4.74 Å². The van der Waals surface area contributed by atoms with Crippen LogP contribution < -0.4 is 10.1 Å². The van der Waals surface area contributed by atoms with Gasteiger partial charge < -0.3 is 10.1 Å². The Morgan fingerprint density at radius 3 is 2.57 bits per heavy atom. The van der Waals surface area contributed by atoms with Crippen LogP contribution in [0, 0.1) is 5.82 Å². The maximum absolute atomic E-state index is 13.7. The molecule has 0 spiro atoms. The lowest BCUT2D eigenvalue weighted by molar-refractivity contribution is -0.120. The molecule has 0 aliphatic carbocycles. The Bertz CT molecular complexity index is 676. The van der Waals surface area contributed by atoms with E-state index in [9.17, 15) is 9.18 Å². The minimum Gasteiger partial charge on any atom is -0.495 e. The Hall–Kier alpha value is -2.40. The molecule has 0 aliphatic heterocycles. The largest absolute Gasteiger partial charge is 0.495 e. The highest BCUT2D eigenvalue weighted by atomic mass is 19.1. The molecule has 2 aromatic rings. The first-order valence-corrected chi connectivity index (χ1v) is 7.40. The van der Waals surface area contributed by atoms with Gasteiger partial charge >= 0.3 is 0 Å². The smallest absolute Gasteiger partial charge is 0.241 e. The van der Waals surface area contributed by atoms with E-state index in [-0.39, 0.29) is 11.7 Å². The SMILES string of the molecule is COc1ccccc1NC(=O)[C@@H](C)N(C)Cc1ccccc1F. The van der Waals surface area contributed by atoms with Crippen molar-refractivity contribution in [2.45, 2.75) is 19.5 Å². The third-order valence-corrected chi connectivity index (χ3v) is 3.78. The average molecular weight is 316 g/mol. The molecule has 0 aromatic heterocycles. The first kappa shape index (κ1) is 17.0. The van der Waals surface area contributed by atoms with Crippen molar-refractivity contribution in [3.63, 3.8) is 0 Å². The van der Waals surface area contributed by atoms with Crippen molar-refractivity contribution < 1.29 is 13.9 Å². The Balaban J connectivity index is 2.03. The first-order chi connectivity index (χ1) is 11.0. The third kappa shape index (κ3) is 4.29. The molecule has 1 amide bonds. The molecule has 4 nitrogen and oxygen atoms in total. The van der Waals surface area contributed by atoms with Crippen LogP contribution in [0.25, 0.3) is 0 Å². The number of rotatable bonds is 6. The van der Waals surface area contributed by atoms with Gasteiger partial charge in [0.2, 0.25) is 5.91 Å². The normalized spacial score (nSPS) is 12.0. The van der Waals surface area contributed by atoms with E-state index in [2.05, 4.69) is 5.32 Å².